The molecule has 0 saturated carbocycles. The highest BCUT2D eigenvalue weighted by Gasteiger charge is 2.37. The smallest absolute Gasteiger partial charge is 0.0733 e. The summed E-state index contributed by atoms with van der Waals surface area (Å²) in [5.41, 5.74) is 12.9. The van der Waals surface area contributed by atoms with Gasteiger partial charge in [0.05, 0.1) is 11.4 Å². The Labute approximate surface area is 257 Å². The minimum atomic E-state index is -0.0352. The van der Waals surface area contributed by atoms with Crippen LogP contribution in [0, 0.1) is 23.2 Å². The number of hydrogen-bond acceptors (Lipinski definition) is 1. The molecule has 0 saturated heterocycles. The molecule has 2 aliphatic rings. The van der Waals surface area contributed by atoms with Gasteiger partial charge >= 0.3 is 0 Å². The second-order valence-electron chi connectivity index (χ2n) is 16.0. The average Bonchev–Trinajstić information content (AvgIpc) is 3.69. The van der Waals surface area contributed by atoms with E-state index in [-0.39, 0.29) is 34.0 Å². The Hall–Kier alpha value is -3.79. The van der Waals surface area contributed by atoms with Gasteiger partial charge in [0.2, 0.25) is 0 Å². The number of H-pyrrole nitrogens is 3. The van der Waals surface area contributed by atoms with Crippen molar-refractivity contribution < 1.29 is 0 Å². The summed E-state index contributed by atoms with van der Waals surface area (Å²) in [6.07, 6.45) is 4.44. The highest BCUT2D eigenvalue weighted by Crippen LogP contribution is 2.46. The number of allylic oxidation sites excluding steroid dienone is 2. The van der Waals surface area contributed by atoms with Crippen molar-refractivity contribution in [1.29, 1.82) is 0 Å². The first-order valence-corrected chi connectivity index (χ1v) is 15.8. The van der Waals surface area contributed by atoms with E-state index < -0.39 is 0 Å². The van der Waals surface area contributed by atoms with Crippen LogP contribution in [0.25, 0.3) is 5.57 Å². The molecule has 43 heavy (non-hydrogen) atoms. The second kappa shape index (κ2) is 10.1. The summed E-state index contributed by atoms with van der Waals surface area (Å²) in [6.45, 7) is 23.1. The van der Waals surface area contributed by atoms with Gasteiger partial charge in [0.1, 0.15) is 0 Å². The van der Waals surface area contributed by atoms with E-state index in [1.54, 1.807) is 0 Å². The quantitative estimate of drug-likeness (QED) is 0.203. The molecule has 0 radical (unpaired) electrons. The molecule has 4 aromatic rings. The molecule has 3 atom stereocenters. The molecule has 0 spiro atoms. The molecule has 8 bridgehead atoms. The molecule has 6 rings (SSSR count). The molecule has 2 aliphatic heterocycles. The lowest BCUT2D eigenvalue weighted by molar-refractivity contribution is 0.339. The van der Waals surface area contributed by atoms with Gasteiger partial charge in [-0.05, 0) is 77.3 Å². The maximum atomic E-state index is 5.40. The van der Waals surface area contributed by atoms with Crippen molar-refractivity contribution in [3.8, 4) is 0 Å². The first-order valence-electron chi connectivity index (χ1n) is 15.8. The third kappa shape index (κ3) is 5.41. The van der Waals surface area contributed by atoms with Gasteiger partial charge in [-0.2, -0.15) is 0 Å². The van der Waals surface area contributed by atoms with E-state index >= 15 is 0 Å². The average molecular weight is 573 g/mol. The van der Waals surface area contributed by atoms with Crippen molar-refractivity contribution in [3.63, 3.8) is 0 Å². The Kier molecular flexibility index (Phi) is 6.91. The van der Waals surface area contributed by atoms with Crippen LogP contribution in [0.4, 0.5) is 0 Å². The van der Waals surface area contributed by atoms with Crippen molar-refractivity contribution in [2.45, 2.75) is 87.0 Å². The Morgan fingerprint density at radius 3 is 1.44 bits per heavy atom. The Morgan fingerprint density at radius 1 is 0.512 bits per heavy atom. The van der Waals surface area contributed by atoms with Crippen LogP contribution in [0.1, 0.15) is 125 Å². The third-order valence-electron chi connectivity index (χ3n) is 9.15. The molecule has 4 nitrogen and oxygen atoms in total. The van der Waals surface area contributed by atoms with E-state index in [9.17, 15) is 0 Å². The summed E-state index contributed by atoms with van der Waals surface area (Å²) in [7, 11) is 0. The highest BCUT2D eigenvalue weighted by atomic mass is 14.9. The number of fused-ring (bicyclic) bond motifs is 7. The molecule has 0 amide bonds. The minimum Gasteiger partial charge on any atom is -0.361 e. The number of rotatable bonds is 1. The summed E-state index contributed by atoms with van der Waals surface area (Å²) >= 11 is 0. The number of aromatic amines is 3. The topological polar surface area (TPSA) is 59.7 Å². The minimum absolute atomic E-state index is 0.00731. The second-order valence-corrected chi connectivity index (χ2v) is 16.0. The van der Waals surface area contributed by atoms with Crippen LogP contribution in [0.3, 0.4) is 0 Å². The number of hydrogen-bond donors (Lipinski definition) is 3. The number of nitrogens with one attached hydrogen (secondary N) is 3. The maximum absolute atomic E-state index is 5.40. The van der Waals surface area contributed by atoms with Crippen LogP contribution in [-0.2, 0) is 0 Å². The van der Waals surface area contributed by atoms with Gasteiger partial charge in [-0.1, -0.05) is 92.1 Å². The van der Waals surface area contributed by atoms with Gasteiger partial charge in [0.25, 0.3) is 0 Å². The SMILES string of the molecule is Cc1ccc(/C2=C3\C=CC(=N3)C(C(C)(C)C)c3ccc([nH]3)C(C(C)(C)C)c3ccc([nH]3)C(C(C)(C)C)c3ccc2[nH]3)cc1. The molecule has 5 heterocycles. The fraction of sp³-hybridized carbons (Fsp3) is 0.410. The zero-order valence-electron chi connectivity index (χ0n) is 27.6. The van der Waals surface area contributed by atoms with E-state index in [4.69, 9.17) is 4.99 Å². The van der Waals surface area contributed by atoms with Crippen molar-refractivity contribution >= 4 is 11.3 Å². The van der Waals surface area contributed by atoms with Crippen LogP contribution in [0.5, 0.6) is 0 Å². The van der Waals surface area contributed by atoms with E-state index in [2.05, 4.69) is 157 Å². The largest absolute Gasteiger partial charge is 0.361 e. The molecule has 4 heteroatoms. The Morgan fingerprint density at radius 2 is 0.953 bits per heavy atom. The van der Waals surface area contributed by atoms with Gasteiger partial charge in [-0.3, -0.25) is 4.99 Å². The van der Waals surface area contributed by atoms with Gasteiger partial charge in [0.15, 0.2) is 0 Å². The molecule has 3 N–H and O–H groups in total. The predicted molar refractivity (Wildman–Crippen MR) is 181 cm³/mol. The van der Waals surface area contributed by atoms with Crippen LogP contribution < -0.4 is 0 Å². The summed E-state index contributed by atoms with van der Waals surface area (Å²) in [5, 5.41) is 0. The van der Waals surface area contributed by atoms with E-state index in [1.807, 2.05) is 0 Å². The van der Waals surface area contributed by atoms with Crippen molar-refractivity contribution in [3.05, 3.63) is 124 Å². The lowest BCUT2D eigenvalue weighted by atomic mass is 9.76. The predicted octanol–water partition coefficient (Wildman–Crippen LogP) is 10.2. The third-order valence-corrected chi connectivity index (χ3v) is 9.15. The standard InChI is InChI=1S/C39H48N4/c1-23-11-13-24(14-12-23)33-25-15-17-27(40-25)34(37(2,3)4)29-19-21-31(42-29)36(39(8,9)10)32-22-20-30(43-32)35(38(5,6)7)28-18-16-26(33)41-28/h11-22,34-36,40,42-43H,1-10H3/b33-26-. The van der Waals surface area contributed by atoms with Crippen molar-refractivity contribution in [2.24, 2.45) is 21.2 Å². The van der Waals surface area contributed by atoms with Crippen LogP contribution in [0.2, 0.25) is 0 Å². The molecular formula is C39H48N4. The first kappa shape index (κ1) is 29.3. The monoisotopic (exact) mass is 572 g/mol. The molecule has 224 valence electrons. The Bertz CT molecular complexity index is 1730. The van der Waals surface area contributed by atoms with E-state index in [0.717, 1.165) is 22.7 Å². The van der Waals surface area contributed by atoms with E-state index in [0.29, 0.717) is 0 Å². The normalized spacial score (nSPS) is 22.7. The lowest BCUT2D eigenvalue weighted by Crippen LogP contribution is -2.26. The fourth-order valence-corrected chi connectivity index (χ4v) is 7.37. The first-order chi connectivity index (χ1) is 20.1. The van der Waals surface area contributed by atoms with Crippen LogP contribution in [-0.4, -0.2) is 20.7 Å². The van der Waals surface area contributed by atoms with Crippen molar-refractivity contribution in [1.82, 2.24) is 15.0 Å². The van der Waals surface area contributed by atoms with Gasteiger partial charge in [-0.15, -0.1) is 0 Å². The number of aromatic nitrogens is 3. The number of nitrogens with zero attached hydrogens (tertiary/aromatic N) is 1. The van der Waals surface area contributed by atoms with Gasteiger partial charge < -0.3 is 15.0 Å². The maximum Gasteiger partial charge on any atom is 0.0733 e. The Balaban J connectivity index is 1.65. The zero-order chi connectivity index (χ0) is 30.9. The van der Waals surface area contributed by atoms with E-state index in [1.165, 1.54) is 39.6 Å². The molecule has 0 fully saturated rings. The van der Waals surface area contributed by atoms with Crippen molar-refractivity contribution in [2.75, 3.05) is 0 Å². The molecule has 3 unspecified atom stereocenters. The van der Waals surface area contributed by atoms with Crippen LogP contribution >= 0.6 is 0 Å². The zero-order valence-corrected chi connectivity index (χ0v) is 27.6. The summed E-state index contributed by atoms with van der Waals surface area (Å²) in [6, 6.07) is 22.6. The molecule has 1 aromatic carbocycles. The van der Waals surface area contributed by atoms with Crippen LogP contribution in [0.15, 0.2) is 83.5 Å². The lowest BCUT2D eigenvalue weighted by Gasteiger charge is -2.32. The molecule has 0 aliphatic carbocycles. The molecule has 3 aromatic heterocycles. The number of benzene rings is 1. The molecular weight excluding hydrogens is 524 g/mol. The van der Waals surface area contributed by atoms with Gasteiger partial charge in [0, 0.05) is 57.5 Å². The summed E-state index contributed by atoms with van der Waals surface area (Å²) in [5.74, 6) is 0.468. The van der Waals surface area contributed by atoms with Gasteiger partial charge in [-0.25, -0.2) is 0 Å². The number of aliphatic imine (C=N–C) groups is 1. The summed E-state index contributed by atoms with van der Waals surface area (Å²) in [4.78, 5) is 17.2. The summed E-state index contributed by atoms with van der Waals surface area (Å²) < 4.78 is 0. The number of aryl methyl sites for hydroxylation is 1. The fourth-order valence-electron chi connectivity index (χ4n) is 7.37. The highest BCUT2D eigenvalue weighted by molar-refractivity contribution is 6.05.